The van der Waals surface area contributed by atoms with Crippen LogP contribution in [-0.2, 0) is 19.4 Å². The van der Waals surface area contributed by atoms with Crippen LogP contribution in [0.1, 0.15) is 29.7 Å². The van der Waals surface area contributed by atoms with Gasteiger partial charge in [-0.3, -0.25) is 4.90 Å². The van der Waals surface area contributed by atoms with E-state index >= 15 is 0 Å². The molecule has 1 unspecified atom stereocenters. The first kappa shape index (κ1) is 17.3. The second-order valence-corrected chi connectivity index (χ2v) is 8.47. The van der Waals surface area contributed by atoms with E-state index in [1.807, 2.05) is 12.1 Å². The lowest BCUT2D eigenvalue weighted by molar-refractivity contribution is 0.242. The number of aryl methyl sites for hydroxylation is 2. The SMILES string of the molecule is Clc1ccc(CN2CCN(c3ccc4c(n3)CCCC4)C(Br)C2)cc1. The van der Waals surface area contributed by atoms with Crippen molar-refractivity contribution in [2.24, 2.45) is 0 Å². The van der Waals surface area contributed by atoms with E-state index in [1.54, 1.807) is 0 Å². The smallest absolute Gasteiger partial charge is 0.129 e. The molecule has 0 bridgehead atoms. The molecule has 0 spiro atoms. The molecule has 0 N–H and O–H groups in total. The second kappa shape index (κ2) is 7.65. The predicted octanol–water partition coefficient (Wildman–Crippen LogP) is 4.66. The monoisotopic (exact) mass is 419 g/mol. The maximum atomic E-state index is 5.98. The second-order valence-electron chi connectivity index (χ2n) is 6.97. The van der Waals surface area contributed by atoms with Crippen LogP contribution in [0.2, 0.25) is 5.02 Å². The van der Waals surface area contributed by atoms with Crippen molar-refractivity contribution in [2.45, 2.75) is 37.2 Å². The molecule has 5 heteroatoms. The zero-order chi connectivity index (χ0) is 17.2. The topological polar surface area (TPSA) is 19.4 Å². The fraction of sp³-hybridized carbons (Fsp3) is 0.450. The summed E-state index contributed by atoms with van der Waals surface area (Å²) in [6.45, 7) is 3.99. The minimum absolute atomic E-state index is 0.294. The van der Waals surface area contributed by atoms with Crippen molar-refractivity contribution in [1.29, 1.82) is 0 Å². The lowest BCUT2D eigenvalue weighted by Gasteiger charge is -2.39. The van der Waals surface area contributed by atoms with E-state index in [0.717, 1.165) is 43.4 Å². The Hall–Kier alpha value is -1.10. The number of anilines is 1. The predicted molar refractivity (Wildman–Crippen MR) is 108 cm³/mol. The van der Waals surface area contributed by atoms with Gasteiger partial charge in [-0.05, 0) is 55.0 Å². The van der Waals surface area contributed by atoms with Crippen molar-refractivity contribution in [2.75, 3.05) is 24.5 Å². The van der Waals surface area contributed by atoms with Gasteiger partial charge in [-0.15, -0.1) is 0 Å². The zero-order valence-electron chi connectivity index (χ0n) is 14.3. The lowest BCUT2D eigenvalue weighted by Crippen LogP contribution is -2.50. The highest BCUT2D eigenvalue weighted by atomic mass is 79.9. The van der Waals surface area contributed by atoms with Gasteiger partial charge in [0.25, 0.3) is 0 Å². The molecule has 1 fully saturated rings. The van der Waals surface area contributed by atoms with Crippen molar-refractivity contribution < 1.29 is 0 Å². The molecule has 1 aliphatic heterocycles. The molecular formula is C20H23BrClN3. The largest absolute Gasteiger partial charge is 0.341 e. The minimum atomic E-state index is 0.294. The normalized spacial score (nSPS) is 21.2. The van der Waals surface area contributed by atoms with Gasteiger partial charge >= 0.3 is 0 Å². The summed E-state index contributed by atoms with van der Waals surface area (Å²) < 4.78 is 0. The van der Waals surface area contributed by atoms with Crippen molar-refractivity contribution in [3.05, 3.63) is 58.2 Å². The van der Waals surface area contributed by atoms with E-state index in [1.165, 1.54) is 36.1 Å². The van der Waals surface area contributed by atoms with Crippen LogP contribution in [0.15, 0.2) is 36.4 Å². The number of nitrogens with zero attached hydrogens (tertiary/aromatic N) is 3. The zero-order valence-corrected chi connectivity index (χ0v) is 16.6. The summed E-state index contributed by atoms with van der Waals surface area (Å²) >= 11 is 9.86. The molecule has 2 aromatic rings. The van der Waals surface area contributed by atoms with Gasteiger partial charge in [0.1, 0.15) is 5.82 Å². The maximum Gasteiger partial charge on any atom is 0.129 e. The molecule has 1 aromatic heterocycles. The van der Waals surface area contributed by atoms with Gasteiger partial charge in [0.05, 0.1) is 4.95 Å². The molecular weight excluding hydrogens is 398 g/mol. The number of hydrogen-bond donors (Lipinski definition) is 0. The van der Waals surface area contributed by atoms with Gasteiger partial charge in [0.15, 0.2) is 0 Å². The average molecular weight is 421 g/mol. The Bertz CT molecular complexity index is 734. The summed E-state index contributed by atoms with van der Waals surface area (Å²) in [5.74, 6) is 1.12. The summed E-state index contributed by atoms with van der Waals surface area (Å²) in [7, 11) is 0. The molecule has 1 saturated heterocycles. The fourth-order valence-corrected chi connectivity index (χ4v) is 4.72. The number of rotatable bonds is 3. The molecule has 1 aliphatic carbocycles. The molecule has 2 heterocycles. The van der Waals surface area contributed by atoms with Crippen LogP contribution in [0.4, 0.5) is 5.82 Å². The lowest BCUT2D eigenvalue weighted by atomic mass is 9.96. The van der Waals surface area contributed by atoms with Crippen LogP contribution in [0.5, 0.6) is 0 Å². The van der Waals surface area contributed by atoms with Gasteiger partial charge < -0.3 is 4.90 Å². The highest BCUT2D eigenvalue weighted by Gasteiger charge is 2.26. The Kier molecular flexibility index (Phi) is 5.30. The van der Waals surface area contributed by atoms with Crippen LogP contribution in [0, 0.1) is 0 Å². The maximum absolute atomic E-state index is 5.98. The van der Waals surface area contributed by atoms with E-state index < -0.39 is 0 Å². The Morgan fingerprint density at radius 2 is 1.84 bits per heavy atom. The summed E-state index contributed by atoms with van der Waals surface area (Å²) in [6, 6.07) is 12.7. The number of piperazine rings is 1. The summed E-state index contributed by atoms with van der Waals surface area (Å²) in [5, 5.41) is 0.797. The fourth-order valence-electron chi connectivity index (χ4n) is 3.77. The third-order valence-electron chi connectivity index (χ3n) is 5.18. The average Bonchev–Trinajstić information content (AvgIpc) is 2.63. The number of aromatic nitrogens is 1. The molecule has 0 saturated carbocycles. The molecule has 25 heavy (non-hydrogen) atoms. The summed E-state index contributed by atoms with van der Waals surface area (Å²) in [5.41, 5.74) is 4.07. The van der Waals surface area contributed by atoms with E-state index in [9.17, 15) is 0 Å². The van der Waals surface area contributed by atoms with E-state index in [4.69, 9.17) is 16.6 Å². The molecule has 4 rings (SSSR count). The molecule has 0 radical (unpaired) electrons. The third kappa shape index (κ3) is 4.02. The summed E-state index contributed by atoms with van der Waals surface area (Å²) in [4.78, 5) is 10.1. The first-order chi connectivity index (χ1) is 12.2. The molecule has 2 aliphatic rings. The number of hydrogen-bond acceptors (Lipinski definition) is 3. The van der Waals surface area contributed by atoms with Gasteiger partial charge in [0.2, 0.25) is 0 Å². The number of pyridine rings is 1. The van der Waals surface area contributed by atoms with Crippen LogP contribution >= 0.6 is 27.5 Å². The minimum Gasteiger partial charge on any atom is -0.341 e. The first-order valence-electron chi connectivity index (χ1n) is 9.05. The van der Waals surface area contributed by atoms with E-state index in [2.05, 4.69) is 50.0 Å². The highest BCUT2D eigenvalue weighted by molar-refractivity contribution is 9.09. The Morgan fingerprint density at radius 1 is 1.04 bits per heavy atom. The third-order valence-corrected chi connectivity index (χ3v) is 6.22. The summed E-state index contributed by atoms with van der Waals surface area (Å²) in [6.07, 6.45) is 4.90. The van der Waals surface area contributed by atoms with Gasteiger partial charge in [-0.1, -0.05) is 45.7 Å². The van der Waals surface area contributed by atoms with E-state index in [-0.39, 0.29) is 0 Å². The Morgan fingerprint density at radius 3 is 2.64 bits per heavy atom. The Balaban J connectivity index is 1.42. The molecule has 1 atom stereocenters. The van der Waals surface area contributed by atoms with E-state index in [0.29, 0.717) is 4.95 Å². The quantitative estimate of drug-likeness (QED) is 0.532. The molecule has 1 aromatic carbocycles. The Labute approximate surface area is 163 Å². The van der Waals surface area contributed by atoms with Crippen LogP contribution in [0.25, 0.3) is 0 Å². The van der Waals surface area contributed by atoms with Crippen LogP contribution < -0.4 is 4.90 Å². The highest BCUT2D eigenvalue weighted by Crippen LogP contribution is 2.27. The van der Waals surface area contributed by atoms with Gasteiger partial charge in [-0.25, -0.2) is 4.98 Å². The van der Waals surface area contributed by atoms with Crippen LogP contribution in [-0.4, -0.2) is 34.5 Å². The molecule has 0 amide bonds. The van der Waals surface area contributed by atoms with Crippen molar-refractivity contribution in [1.82, 2.24) is 9.88 Å². The first-order valence-corrected chi connectivity index (χ1v) is 10.3. The van der Waals surface area contributed by atoms with Crippen LogP contribution in [0.3, 0.4) is 0 Å². The van der Waals surface area contributed by atoms with Crippen molar-refractivity contribution in [3.63, 3.8) is 0 Å². The van der Waals surface area contributed by atoms with Gasteiger partial charge in [-0.2, -0.15) is 0 Å². The number of halogens is 2. The standard InChI is InChI=1S/C20H23BrClN3/c21-19-14-24(13-15-5-8-17(22)9-6-15)11-12-25(19)20-10-7-16-3-1-2-4-18(16)23-20/h5-10,19H,1-4,11-14H2. The van der Waals surface area contributed by atoms with Crippen molar-refractivity contribution >= 4 is 33.3 Å². The number of alkyl halides is 1. The number of benzene rings is 1. The van der Waals surface area contributed by atoms with Crippen molar-refractivity contribution in [3.8, 4) is 0 Å². The molecule has 3 nitrogen and oxygen atoms in total. The number of fused-ring (bicyclic) bond motifs is 1. The molecule has 132 valence electrons. The van der Waals surface area contributed by atoms with Gasteiger partial charge in [0, 0.05) is 36.9 Å².